The average molecular weight is 619 g/mol. The number of aromatic nitrogens is 3. The average Bonchev–Trinajstić information content (AvgIpc) is 3.67. The smallest absolute Gasteiger partial charge is 0.417 e. The molecule has 1 saturated carbocycles. The van der Waals surface area contributed by atoms with Gasteiger partial charge in [-0.3, -0.25) is 4.90 Å². The molecule has 3 fully saturated rings. The molecule has 43 heavy (non-hydrogen) atoms. The van der Waals surface area contributed by atoms with Gasteiger partial charge < -0.3 is 15.8 Å². The van der Waals surface area contributed by atoms with Crippen LogP contribution in [0.15, 0.2) is 18.2 Å². The number of fused-ring (bicyclic) bond motifs is 3. The van der Waals surface area contributed by atoms with Crippen molar-refractivity contribution >= 4 is 43.4 Å². The Morgan fingerprint density at radius 1 is 1.00 bits per heavy atom. The van der Waals surface area contributed by atoms with Crippen molar-refractivity contribution in [3.05, 3.63) is 35.4 Å². The number of hydrogen-bond acceptors (Lipinski definition) is 8. The molecule has 2 aromatic carbocycles. The predicted molar refractivity (Wildman–Crippen MR) is 156 cm³/mol. The predicted octanol–water partition coefficient (Wildman–Crippen LogP) is 7.54. The second-order valence-corrected chi connectivity index (χ2v) is 12.9. The molecule has 0 unspecified atom stereocenters. The van der Waals surface area contributed by atoms with E-state index in [-0.39, 0.29) is 55.2 Å². The number of ether oxygens (including phenoxy) is 1. The third-order valence-corrected chi connectivity index (χ3v) is 10.1. The molecule has 228 valence electrons. The number of nitrogens with two attached hydrogens (primary N) is 1. The highest BCUT2D eigenvalue weighted by Crippen LogP contribution is 2.46. The maximum absolute atomic E-state index is 16.6. The zero-order chi connectivity index (χ0) is 29.9. The first kappa shape index (κ1) is 28.5. The summed E-state index contributed by atoms with van der Waals surface area (Å²) in [5.41, 5.74) is 2.99. The Kier molecular flexibility index (Phi) is 7.07. The molecule has 0 spiro atoms. The van der Waals surface area contributed by atoms with E-state index < -0.39 is 28.9 Å². The van der Waals surface area contributed by atoms with Gasteiger partial charge in [0, 0.05) is 22.6 Å². The molecule has 0 bridgehead atoms. The van der Waals surface area contributed by atoms with Crippen molar-refractivity contribution < 1.29 is 26.7 Å². The molecular weight excluding hydrogens is 587 g/mol. The Hall–Kier alpha value is -3.32. The van der Waals surface area contributed by atoms with Crippen molar-refractivity contribution in [3.8, 4) is 17.1 Å². The number of alkyl halides is 3. The number of anilines is 2. The summed E-state index contributed by atoms with van der Waals surface area (Å²) in [6.07, 6.45) is 3.80. The van der Waals surface area contributed by atoms with E-state index in [0.29, 0.717) is 6.61 Å². The summed E-state index contributed by atoms with van der Waals surface area (Å²) < 4.78 is 81.2. The minimum absolute atomic E-state index is 0.0229. The number of nitrogens with zero attached hydrogens (tertiary/aromatic N) is 4. The van der Waals surface area contributed by atoms with Gasteiger partial charge in [-0.1, -0.05) is 30.6 Å². The molecule has 2 aromatic heterocycles. The van der Waals surface area contributed by atoms with Gasteiger partial charge in [-0.25, -0.2) is 13.8 Å². The number of benzene rings is 2. The number of hydrogen-bond donors (Lipinski definition) is 2. The minimum atomic E-state index is -4.95. The van der Waals surface area contributed by atoms with Crippen molar-refractivity contribution in [2.75, 3.05) is 30.7 Å². The maximum Gasteiger partial charge on any atom is 0.417 e. The Bertz CT molecular complexity index is 1690. The summed E-state index contributed by atoms with van der Waals surface area (Å²) in [7, 11) is 0. The van der Waals surface area contributed by atoms with Crippen molar-refractivity contribution in [1.29, 1.82) is 0 Å². The minimum Gasteiger partial charge on any atom is -0.461 e. The van der Waals surface area contributed by atoms with Crippen LogP contribution in [-0.4, -0.2) is 51.1 Å². The van der Waals surface area contributed by atoms with Gasteiger partial charge in [-0.05, 0) is 69.8 Å². The SMILES string of the molecule is Nc1nc2c(-c3c(C(F)(F)F)cc4c(NC5CCCCC5)nc(OCC56CCCN5CCC6)nc4c3F)ccc(F)c2s1. The van der Waals surface area contributed by atoms with Gasteiger partial charge in [0.15, 0.2) is 10.9 Å². The normalized spacial score (nSPS) is 19.4. The van der Waals surface area contributed by atoms with E-state index in [0.717, 1.165) is 100 Å². The van der Waals surface area contributed by atoms with Crippen molar-refractivity contribution in [2.24, 2.45) is 0 Å². The molecule has 0 radical (unpaired) electrons. The fourth-order valence-electron chi connectivity index (χ4n) is 7.16. The molecule has 0 amide bonds. The van der Waals surface area contributed by atoms with Crippen LogP contribution in [0.5, 0.6) is 6.01 Å². The van der Waals surface area contributed by atoms with Crippen molar-refractivity contribution in [1.82, 2.24) is 19.9 Å². The molecule has 7 nitrogen and oxygen atoms in total. The lowest BCUT2D eigenvalue weighted by atomic mass is 9.94. The van der Waals surface area contributed by atoms with E-state index in [9.17, 15) is 17.6 Å². The molecule has 13 heteroatoms. The highest BCUT2D eigenvalue weighted by Gasteiger charge is 2.45. The molecule has 0 atom stereocenters. The molecule has 1 aliphatic carbocycles. The zero-order valence-corrected chi connectivity index (χ0v) is 24.2. The summed E-state index contributed by atoms with van der Waals surface area (Å²) >= 11 is 0.789. The van der Waals surface area contributed by atoms with Gasteiger partial charge in [-0.15, -0.1) is 0 Å². The third kappa shape index (κ3) is 5.03. The highest BCUT2D eigenvalue weighted by molar-refractivity contribution is 7.22. The fraction of sp³-hybridized carbons (Fsp3) is 0.500. The molecular formula is C30H31F5N6OS. The third-order valence-electron chi connectivity index (χ3n) is 9.22. The number of nitrogen functional groups attached to an aromatic ring is 1. The summed E-state index contributed by atoms with van der Waals surface area (Å²) in [6.45, 7) is 2.29. The lowest BCUT2D eigenvalue weighted by molar-refractivity contribution is -0.137. The van der Waals surface area contributed by atoms with Crippen LogP contribution in [0.25, 0.3) is 32.2 Å². The largest absolute Gasteiger partial charge is 0.461 e. The topological polar surface area (TPSA) is 89.2 Å². The van der Waals surface area contributed by atoms with Gasteiger partial charge in [0.1, 0.15) is 23.8 Å². The van der Waals surface area contributed by atoms with Crippen LogP contribution in [0.2, 0.25) is 0 Å². The van der Waals surface area contributed by atoms with E-state index in [1.165, 1.54) is 0 Å². The Balaban J connectivity index is 1.41. The Morgan fingerprint density at radius 3 is 2.47 bits per heavy atom. The number of nitrogens with one attached hydrogen (secondary N) is 1. The summed E-state index contributed by atoms with van der Waals surface area (Å²) in [5.74, 6) is -1.80. The maximum atomic E-state index is 16.6. The summed E-state index contributed by atoms with van der Waals surface area (Å²) in [6, 6.07) is 2.86. The molecule has 2 aliphatic heterocycles. The summed E-state index contributed by atoms with van der Waals surface area (Å²) in [5, 5.41) is 3.16. The standard InChI is InChI=1S/C30H31F5N6OS/c31-20-9-8-17(24-25(20)43-27(36)38-24)21-19(30(33,34)35)14-18-23(22(21)32)39-28(40-26(18)37-16-6-2-1-3-7-16)42-15-29-10-4-12-41(29)13-5-11-29/h8-9,14,16H,1-7,10-13,15H2,(H2,36,38)(H,37,39,40). The zero-order valence-electron chi connectivity index (χ0n) is 23.4. The van der Waals surface area contributed by atoms with E-state index in [2.05, 4.69) is 25.2 Å². The van der Waals surface area contributed by atoms with Crippen LogP contribution in [0.4, 0.5) is 32.9 Å². The van der Waals surface area contributed by atoms with Gasteiger partial charge in [-0.2, -0.15) is 23.1 Å². The van der Waals surface area contributed by atoms with Crippen LogP contribution in [0.3, 0.4) is 0 Å². The Labute approximate surface area is 248 Å². The first-order chi connectivity index (χ1) is 20.6. The second-order valence-electron chi connectivity index (χ2n) is 11.9. The molecule has 2 saturated heterocycles. The van der Waals surface area contributed by atoms with Crippen molar-refractivity contribution in [2.45, 2.75) is 75.5 Å². The van der Waals surface area contributed by atoms with Crippen LogP contribution in [0.1, 0.15) is 63.4 Å². The van der Waals surface area contributed by atoms with E-state index in [4.69, 9.17) is 10.5 Å². The lowest BCUT2D eigenvalue weighted by Gasteiger charge is -2.31. The first-order valence-electron chi connectivity index (χ1n) is 14.7. The van der Waals surface area contributed by atoms with Gasteiger partial charge >= 0.3 is 12.2 Å². The van der Waals surface area contributed by atoms with Gasteiger partial charge in [0.05, 0.1) is 21.3 Å². The monoisotopic (exact) mass is 618 g/mol. The molecule has 3 N–H and O–H groups in total. The van der Waals surface area contributed by atoms with Crippen LogP contribution in [0, 0.1) is 11.6 Å². The number of thiazole rings is 1. The lowest BCUT2D eigenvalue weighted by Crippen LogP contribution is -2.43. The second kappa shape index (κ2) is 10.7. The van der Waals surface area contributed by atoms with Crippen LogP contribution in [-0.2, 0) is 6.18 Å². The highest BCUT2D eigenvalue weighted by atomic mass is 32.1. The van der Waals surface area contributed by atoms with Crippen LogP contribution < -0.4 is 15.8 Å². The Morgan fingerprint density at radius 2 is 1.74 bits per heavy atom. The van der Waals surface area contributed by atoms with Crippen LogP contribution >= 0.6 is 11.3 Å². The molecule has 4 aromatic rings. The molecule has 4 heterocycles. The van der Waals surface area contributed by atoms with E-state index >= 15 is 4.39 Å². The number of rotatable bonds is 6. The quantitative estimate of drug-likeness (QED) is 0.216. The van der Waals surface area contributed by atoms with E-state index in [1.807, 2.05) is 0 Å². The molecule has 3 aliphatic rings. The van der Waals surface area contributed by atoms with E-state index in [1.54, 1.807) is 0 Å². The number of halogens is 5. The van der Waals surface area contributed by atoms with Crippen molar-refractivity contribution in [3.63, 3.8) is 0 Å². The fourth-order valence-corrected chi connectivity index (χ4v) is 7.93. The first-order valence-corrected chi connectivity index (χ1v) is 15.6. The molecule has 7 rings (SSSR count). The summed E-state index contributed by atoms with van der Waals surface area (Å²) in [4.78, 5) is 15.4. The van der Waals surface area contributed by atoms with Gasteiger partial charge in [0.25, 0.3) is 0 Å². The van der Waals surface area contributed by atoms with Gasteiger partial charge in [0.2, 0.25) is 0 Å².